The van der Waals surface area contributed by atoms with E-state index in [0.29, 0.717) is 21.8 Å². The van der Waals surface area contributed by atoms with E-state index in [-0.39, 0.29) is 34.5 Å². The molecule has 0 bridgehead atoms. The van der Waals surface area contributed by atoms with Crippen LogP contribution in [0.5, 0.6) is 0 Å². The molecule has 198 valence electrons. The van der Waals surface area contributed by atoms with Crippen molar-refractivity contribution in [3.8, 4) is 0 Å². The molecule has 0 radical (unpaired) electrons. The van der Waals surface area contributed by atoms with Crippen LogP contribution in [0, 0.1) is 5.82 Å². The fourth-order valence-corrected chi connectivity index (χ4v) is 4.74. The number of aromatic nitrogens is 2. The molecule has 0 aliphatic carbocycles. The first kappa shape index (κ1) is 26.3. The van der Waals surface area contributed by atoms with Crippen LogP contribution in [-0.2, 0) is 9.53 Å². The fraction of sp³-hybridized carbons (Fsp3) is 0.115. The second-order valence-corrected chi connectivity index (χ2v) is 9.66. The van der Waals surface area contributed by atoms with Crippen molar-refractivity contribution in [1.82, 2.24) is 15.3 Å². The van der Waals surface area contributed by atoms with Crippen molar-refractivity contribution in [3.63, 3.8) is 0 Å². The summed E-state index contributed by atoms with van der Waals surface area (Å²) in [6, 6.07) is 11.3. The standard InChI is InChI=1S/C26H19BrClFN6O4/c1-12-21(23(36)33-20-9-13(7-8-30-20)24(37)38-2)22(16-5-3-14(27)10-17(16)28)34-25(31-12)35-26-32-18-6-4-15(29)11-19(18)39-26/h3-11,22H,1-2H3,(H,30,33,36)(H2,31,32,34,35). The summed E-state index contributed by atoms with van der Waals surface area (Å²) >= 11 is 9.96. The molecule has 2 aromatic heterocycles. The second kappa shape index (κ2) is 10.8. The third kappa shape index (κ3) is 5.61. The average molecular weight is 614 g/mol. The van der Waals surface area contributed by atoms with Gasteiger partial charge in [-0.3, -0.25) is 10.1 Å². The molecule has 0 saturated carbocycles. The summed E-state index contributed by atoms with van der Waals surface area (Å²) < 4.78 is 24.7. The van der Waals surface area contributed by atoms with Crippen LogP contribution < -0.4 is 16.0 Å². The number of methoxy groups -OCH3 is 1. The number of guanidine groups is 1. The van der Waals surface area contributed by atoms with E-state index in [1.165, 1.54) is 43.6 Å². The maximum atomic E-state index is 13.6. The van der Waals surface area contributed by atoms with Gasteiger partial charge in [0, 0.05) is 33.0 Å². The average Bonchev–Trinajstić information content (AvgIpc) is 3.29. The molecule has 1 amide bonds. The van der Waals surface area contributed by atoms with E-state index in [2.05, 4.69) is 46.8 Å². The van der Waals surface area contributed by atoms with Crippen LogP contribution >= 0.6 is 27.5 Å². The molecular formula is C26H19BrClFN6O4. The number of carbonyl (C=O) groups is 2. The van der Waals surface area contributed by atoms with Gasteiger partial charge in [-0.05, 0) is 43.3 Å². The lowest BCUT2D eigenvalue weighted by molar-refractivity contribution is -0.113. The molecule has 1 atom stereocenters. The van der Waals surface area contributed by atoms with Gasteiger partial charge < -0.3 is 19.8 Å². The summed E-state index contributed by atoms with van der Waals surface area (Å²) in [7, 11) is 1.26. The Hall–Kier alpha value is -4.29. The van der Waals surface area contributed by atoms with Gasteiger partial charge in [0.25, 0.3) is 5.91 Å². The summed E-state index contributed by atoms with van der Waals surface area (Å²) in [6.45, 7) is 1.70. The van der Waals surface area contributed by atoms with Gasteiger partial charge >= 0.3 is 12.0 Å². The number of hydrogen-bond donors (Lipinski definition) is 3. The minimum atomic E-state index is -0.847. The van der Waals surface area contributed by atoms with Gasteiger partial charge in [-0.1, -0.05) is 33.6 Å². The van der Waals surface area contributed by atoms with Gasteiger partial charge in [-0.2, -0.15) is 4.98 Å². The molecule has 2 aromatic carbocycles. The van der Waals surface area contributed by atoms with Crippen LogP contribution in [0.2, 0.25) is 5.02 Å². The Morgan fingerprint density at radius 2 is 2.00 bits per heavy atom. The van der Waals surface area contributed by atoms with Crippen LogP contribution in [0.25, 0.3) is 11.1 Å². The quantitative estimate of drug-likeness (QED) is 0.248. The Labute approximate surface area is 234 Å². The lowest BCUT2D eigenvalue weighted by Gasteiger charge is -2.27. The largest absolute Gasteiger partial charge is 0.465 e. The van der Waals surface area contributed by atoms with Crippen molar-refractivity contribution >= 4 is 68.3 Å². The molecule has 0 spiro atoms. The van der Waals surface area contributed by atoms with Gasteiger partial charge in [0.05, 0.1) is 18.2 Å². The maximum Gasteiger partial charge on any atom is 0.338 e. The van der Waals surface area contributed by atoms with Crippen LogP contribution in [0.1, 0.15) is 28.9 Å². The number of esters is 1. The van der Waals surface area contributed by atoms with Crippen LogP contribution in [0.4, 0.5) is 16.2 Å². The van der Waals surface area contributed by atoms with Crippen molar-refractivity contribution in [3.05, 3.63) is 92.4 Å². The number of ether oxygens (including phenoxy) is 1. The number of rotatable bonds is 5. The van der Waals surface area contributed by atoms with E-state index in [9.17, 15) is 14.0 Å². The van der Waals surface area contributed by atoms with E-state index in [0.717, 1.165) is 4.47 Å². The first-order valence-electron chi connectivity index (χ1n) is 11.4. The van der Waals surface area contributed by atoms with Crippen molar-refractivity contribution in [2.75, 3.05) is 17.7 Å². The maximum absolute atomic E-state index is 13.6. The Balaban J connectivity index is 1.49. The summed E-state index contributed by atoms with van der Waals surface area (Å²) in [4.78, 5) is 38.6. The van der Waals surface area contributed by atoms with Crippen LogP contribution in [0.15, 0.2) is 79.9 Å². The molecule has 5 rings (SSSR count). The molecule has 1 aliphatic rings. The monoisotopic (exact) mass is 612 g/mol. The first-order chi connectivity index (χ1) is 18.7. The smallest absolute Gasteiger partial charge is 0.338 e. The van der Waals surface area contributed by atoms with Crippen LogP contribution in [-0.4, -0.2) is 34.9 Å². The van der Waals surface area contributed by atoms with E-state index >= 15 is 0 Å². The molecule has 3 N–H and O–H groups in total. The number of nitrogens with zero attached hydrogens (tertiary/aromatic N) is 3. The molecule has 0 saturated heterocycles. The lowest BCUT2D eigenvalue weighted by Crippen LogP contribution is -2.37. The predicted molar refractivity (Wildman–Crippen MR) is 147 cm³/mol. The topological polar surface area (TPSA) is 131 Å². The van der Waals surface area contributed by atoms with Crippen molar-refractivity contribution in [2.24, 2.45) is 4.99 Å². The number of amides is 1. The summed E-state index contributed by atoms with van der Waals surface area (Å²) in [6.07, 6.45) is 1.39. The third-order valence-electron chi connectivity index (χ3n) is 5.74. The lowest BCUT2D eigenvalue weighted by atomic mass is 9.95. The molecule has 1 aliphatic heterocycles. The van der Waals surface area contributed by atoms with Gasteiger partial charge in [0.1, 0.15) is 23.2 Å². The minimum absolute atomic E-state index is 0.0760. The number of hydrogen-bond acceptors (Lipinski definition) is 9. The second-order valence-electron chi connectivity index (χ2n) is 8.34. The zero-order chi connectivity index (χ0) is 27.7. The molecule has 4 aromatic rings. The first-order valence-corrected chi connectivity index (χ1v) is 12.6. The fourth-order valence-electron chi connectivity index (χ4n) is 3.96. The number of anilines is 2. The Morgan fingerprint density at radius 3 is 2.77 bits per heavy atom. The number of benzene rings is 2. The van der Waals surface area contributed by atoms with Gasteiger partial charge in [0.2, 0.25) is 5.96 Å². The number of pyridine rings is 1. The minimum Gasteiger partial charge on any atom is -0.465 e. The van der Waals surface area contributed by atoms with E-state index < -0.39 is 23.7 Å². The zero-order valence-electron chi connectivity index (χ0n) is 20.4. The summed E-state index contributed by atoms with van der Waals surface area (Å²) in [5.41, 5.74) is 2.22. The molecule has 3 heterocycles. The molecule has 0 fully saturated rings. The number of aliphatic imine (C=N–C) groups is 1. The van der Waals surface area contributed by atoms with Crippen molar-refractivity contribution < 1.29 is 23.1 Å². The van der Waals surface area contributed by atoms with Gasteiger partial charge in [-0.25, -0.2) is 19.2 Å². The number of oxazole rings is 1. The highest BCUT2D eigenvalue weighted by molar-refractivity contribution is 9.10. The van der Waals surface area contributed by atoms with E-state index in [1.807, 2.05) is 0 Å². The highest BCUT2D eigenvalue weighted by atomic mass is 79.9. The number of allylic oxidation sites excluding steroid dienone is 1. The number of carbonyl (C=O) groups excluding carboxylic acids is 2. The normalized spacial score (nSPS) is 15.0. The molecule has 1 unspecified atom stereocenters. The zero-order valence-corrected chi connectivity index (χ0v) is 22.7. The highest BCUT2D eigenvalue weighted by Gasteiger charge is 2.31. The van der Waals surface area contributed by atoms with Gasteiger partial charge in [0.15, 0.2) is 5.58 Å². The Kier molecular flexibility index (Phi) is 7.31. The van der Waals surface area contributed by atoms with Gasteiger partial charge in [-0.15, -0.1) is 0 Å². The summed E-state index contributed by atoms with van der Waals surface area (Å²) in [5, 5.41) is 9.08. The molecular weight excluding hydrogens is 595 g/mol. The predicted octanol–water partition coefficient (Wildman–Crippen LogP) is 5.59. The third-order valence-corrected chi connectivity index (χ3v) is 6.56. The molecule has 39 heavy (non-hydrogen) atoms. The Bertz CT molecular complexity index is 1690. The number of halogens is 3. The van der Waals surface area contributed by atoms with Crippen LogP contribution in [0.3, 0.4) is 0 Å². The summed E-state index contributed by atoms with van der Waals surface area (Å²) in [5.74, 6) is -1.16. The number of nitrogens with one attached hydrogen (secondary N) is 3. The van der Waals surface area contributed by atoms with Crippen molar-refractivity contribution in [1.29, 1.82) is 0 Å². The van der Waals surface area contributed by atoms with E-state index in [4.69, 9.17) is 20.8 Å². The van der Waals surface area contributed by atoms with E-state index in [1.54, 1.807) is 25.1 Å². The highest BCUT2D eigenvalue weighted by Crippen LogP contribution is 2.36. The molecule has 13 heteroatoms. The Morgan fingerprint density at radius 1 is 1.18 bits per heavy atom. The molecule has 10 nitrogen and oxygen atoms in total. The number of fused-ring (bicyclic) bond motifs is 1. The SMILES string of the molecule is COC(=O)c1ccnc(NC(=O)C2=C(C)NC(Nc3nc4ccc(F)cc4o3)=NC2c2ccc(Br)cc2Cl)c1. The van der Waals surface area contributed by atoms with Crippen molar-refractivity contribution in [2.45, 2.75) is 13.0 Å².